The van der Waals surface area contributed by atoms with Gasteiger partial charge in [-0.2, -0.15) is 0 Å². The van der Waals surface area contributed by atoms with Gasteiger partial charge in [-0.05, 0) is 40.0 Å². The van der Waals surface area contributed by atoms with Gasteiger partial charge in [0.05, 0.1) is 6.10 Å². The van der Waals surface area contributed by atoms with Gasteiger partial charge in [-0.25, -0.2) is 0 Å². The first-order chi connectivity index (χ1) is 9.67. The van der Waals surface area contributed by atoms with Gasteiger partial charge in [-0.1, -0.05) is 12.8 Å². The van der Waals surface area contributed by atoms with Crippen molar-refractivity contribution in [2.45, 2.75) is 71.1 Å². The third-order valence-corrected chi connectivity index (χ3v) is 5.32. The minimum atomic E-state index is 0. The summed E-state index contributed by atoms with van der Waals surface area (Å²) in [6.45, 7) is 8.21. The van der Waals surface area contributed by atoms with Crippen molar-refractivity contribution in [3.8, 4) is 0 Å². The Hall–Kier alpha value is -0.0400. The quantitative estimate of drug-likeness (QED) is 0.430. The van der Waals surface area contributed by atoms with E-state index < -0.39 is 0 Å². The van der Waals surface area contributed by atoms with Gasteiger partial charge in [0.15, 0.2) is 5.96 Å². The van der Waals surface area contributed by atoms with Crippen LogP contribution in [0.3, 0.4) is 0 Å². The molecule has 3 atom stereocenters. The number of halogens is 1. The van der Waals surface area contributed by atoms with Crippen molar-refractivity contribution in [1.82, 2.24) is 10.6 Å². The van der Waals surface area contributed by atoms with Crippen molar-refractivity contribution >= 4 is 29.9 Å². The van der Waals surface area contributed by atoms with Crippen LogP contribution < -0.4 is 10.6 Å². The number of fused-ring (bicyclic) bond motifs is 2. The Morgan fingerprint density at radius 1 is 1.33 bits per heavy atom. The molecule has 0 amide bonds. The Kier molecular flexibility index (Phi) is 5.79. The third-order valence-electron chi connectivity index (χ3n) is 5.32. The van der Waals surface area contributed by atoms with Gasteiger partial charge in [0.2, 0.25) is 0 Å². The lowest BCUT2D eigenvalue weighted by atomic mass is 9.54. The predicted molar refractivity (Wildman–Crippen MR) is 97.3 cm³/mol. The molecule has 1 saturated heterocycles. The predicted octanol–water partition coefficient (Wildman–Crippen LogP) is 2.92. The molecule has 0 aromatic heterocycles. The number of aliphatic imine (C=N–C) groups is 1. The molecule has 2 N–H and O–H groups in total. The maximum Gasteiger partial charge on any atom is 0.191 e. The van der Waals surface area contributed by atoms with Gasteiger partial charge in [0, 0.05) is 36.6 Å². The fourth-order valence-electron chi connectivity index (χ4n) is 4.62. The number of hydrogen-bond donors (Lipinski definition) is 2. The molecular weight excluding hydrogens is 377 g/mol. The van der Waals surface area contributed by atoms with E-state index in [-0.39, 0.29) is 24.0 Å². The molecule has 0 bridgehead atoms. The van der Waals surface area contributed by atoms with Crippen molar-refractivity contribution in [3.05, 3.63) is 0 Å². The summed E-state index contributed by atoms with van der Waals surface area (Å²) in [5.41, 5.74) is 0.397. The Bertz CT molecular complexity index is 380. The van der Waals surface area contributed by atoms with Crippen LogP contribution in [0.1, 0.15) is 52.9 Å². The first-order valence-corrected chi connectivity index (χ1v) is 8.36. The van der Waals surface area contributed by atoms with E-state index >= 15 is 0 Å². The summed E-state index contributed by atoms with van der Waals surface area (Å²) in [5.74, 6) is 1.69. The highest BCUT2D eigenvalue weighted by atomic mass is 127. The van der Waals surface area contributed by atoms with Crippen LogP contribution >= 0.6 is 24.0 Å². The van der Waals surface area contributed by atoms with Crippen LogP contribution in [0.5, 0.6) is 0 Å². The molecule has 21 heavy (non-hydrogen) atoms. The smallest absolute Gasteiger partial charge is 0.191 e. The van der Waals surface area contributed by atoms with E-state index in [1.54, 1.807) is 0 Å². The molecule has 4 nitrogen and oxygen atoms in total. The van der Waals surface area contributed by atoms with Crippen LogP contribution in [0.25, 0.3) is 0 Å². The van der Waals surface area contributed by atoms with Gasteiger partial charge in [0.1, 0.15) is 0 Å². The van der Waals surface area contributed by atoms with Crippen LogP contribution in [0.2, 0.25) is 0 Å². The number of nitrogens with one attached hydrogen (secondary N) is 2. The van der Waals surface area contributed by atoms with E-state index in [4.69, 9.17) is 4.74 Å². The van der Waals surface area contributed by atoms with Gasteiger partial charge in [0.25, 0.3) is 0 Å². The maximum atomic E-state index is 6.04. The first kappa shape index (κ1) is 17.3. The van der Waals surface area contributed by atoms with Crippen LogP contribution in [0.15, 0.2) is 4.99 Å². The third kappa shape index (κ3) is 3.05. The van der Waals surface area contributed by atoms with Crippen molar-refractivity contribution in [2.24, 2.45) is 16.3 Å². The lowest BCUT2D eigenvalue weighted by Crippen LogP contribution is -2.69. The first-order valence-electron chi connectivity index (χ1n) is 8.36. The summed E-state index contributed by atoms with van der Waals surface area (Å²) in [7, 11) is 0. The van der Waals surface area contributed by atoms with Crippen LogP contribution in [-0.4, -0.2) is 37.3 Å². The molecule has 3 rings (SSSR count). The van der Waals surface area contributed by atoms with Crippen molar-refractivity contribution in [3.63, 3.8) is 0 Å². The number of guanidine groups is 1. The minimum absolute atomic E-state index is 0. The fraction of sp³-hybridized carbons (Fsp3) is 0.938. The molecule has 3 fully saturated rings. The highest BCUT2D eigenvalue weighted by molar-refractivity contribution is 14.0. The molecule has 5 heteroatoms. The van der Waals surface area contributed by atoms with E-state index in [0.29, 0.717) is 29.5 Å². The fourth-order valence-corrected chi connectivity index (χ4v) is 4.62. The Labute approximate surface area is 145 Å². The van der Waals surface area contributed by atoms with E-state index in [1.807, 2.05) is 0 Å². The van der Waals surface area contributed by atoms with Gasteiger partial charge in [-0.3, -0.25) is 4.99 Å². The van der Waals surface area contributed by atoms with Crippen LogP contribution in [0.4, 0.5) is 0 Å². The van der Waals surface area contributed by atoms with E-state index in [2.05, 4.69) is 36.4 Å². The van der Waals surface area contributed by atoms with Gasteiger partial charge in [-0.15, -0.1) is 24.0 Å². The molecule has 1 aliphatic heterocycles. The summed E-state index contributed by atoms with van der Waals surface area (Å²) in [5, 5.41) is 7.21. The van der Waals surface area contributed by atoms with E-state index in [0.717, 1.165) is 19.1 Å². The normalized spacial score (nSPS) is 33.5. The highest BCUT2D eigenvalue weighted by Gasteiger charge is 2.65. The largest absolute Gasteiger partial charge is 0.377 e. The second kappa shape index (κ2) is 7.02. The molecule has 2 aliphatic carbocycles. The zero-order chi connectivity index (χ0) is 14.2. The minimum Gasteiger partial charge on any atom is -0.377 e. The number of rotatable bonds is 3. The van der Waals surface area contributed by atoms with Crippen LogP contribution in [0, 0.1) is 11.3 Å². The molecular formula is C16H30IN3O. The second-order valence-corrected chi connectivity index (χ2v) is 6.93. The molecule has 3 aliphatic rings. The summed E-state index contributed by atoms with van der Waals surface area (Å²) >= 11 is 0. The molecule has 122 valence electrons. The standard InChI is InChI=1S/C16H29N3O.HI/c1-4-17-15(18-11(2)3)19-13-12-7-10-20-14(12)16(13)8-5-6-9-16;/h11-14H,4-10H2,1-3H3,(H2,17,18,19);1H. The maximum absolute atomic E-state index is 6.04. The molecule has 0 aromatic carbocycles. The van der Waals surface area contributed by atoms with Crippen molar-refractivity contribution in [2.75, 3.05) is 13.2 Å². The summed E-state index contributed by atoms with van der Waals surface area (Å²) in [6.07, 6.45) is 7.11. The van der Waals surface area contributed by atoms with E-state index in [9.17, 15) is 0 Å². The summed E-state index contributed by atoms with van der Waals surface area (Å²) in [6, 6.07) is 0.983. The topological polar surface area (TPSA) is 45.7 Å². The monoisotopic (exact) mass is 407 g/mol. The summed E-state index contributed by atoms with van der Waals surface area (Å²) < 4.78 is 6.04. The Balaban J connectivity index is 0.00000161. The average molecular weight is 407 g/mol. The molecule has 1 heterocycles. The number of ether oxygens (including phenoxy) is 1. The molecule has 3 unspecified atom stereocenters. The highest BCUT2D eigenvalue weighted by Crippen LogP contribution is 2.60. The zero-order valence-electron chi connectivity index (χ0n) is 13.5. The zero-order valence-corrected chi connectivity index (χ0v) is 15.9. The van der Waals surface area contributed by atoms with Crippen LogP contribution in [-0.2, 0) is 4.74 Å². The Morgan fingerprint density at radius 2 is 2.05 bits per heavy atom. The average Bonchev–Trinajstić information content (AvgIpc) is 3.03. The van der Waals surface area contributed by atoms with Crippen molar-refractivity contribution in [1.29, 1.82) is 0 Å². The summed E-state index contributed by atoms with van der Waals surface area (Å²) in [4.78, 5) is 4.61. The van der Waals surface area contributed by atoms with Crippen molar-refractivity contribution < 1.29 is 4.74 Å². The SMILES string of the molecule is CCN=C(NC(C)C)NC1C2CCOC2C12CCCC2.I. The molecule has 0 aromatic rings. The number of hydrogen-bond acceptors (Lipinski definition) is 2. The molecule has 0 radical (unpaired) electrons. The van der Waals surface area contributed by atoms with Gasteiger partial charge < -0.3 is 15.4 Å². The lowest BCUT2D eigenvalue weighted by Gasteiger charge is -2.57. The molecule has 2 saturated carbocycles. The molecule has 1 spiro atoms. The lowest BCUT2D eigenvalue weighted by molar-refractivity contribution is -0.125. The Morgan fingerprint density at radius 3 is 2.67 bits per heavy atom. The number of nitrogens with zero attached hydrogens (tertiary/aromatic N) is 1. The van der Waals surface area contributed by atoms with Gasteiger partial charge >= 0.3 is 0 Å². The van der Waals surface area contributed by atoms with E-state index in [1.165, 1.54) is 32.1 Å². The second-order valence-electron chi connectivity index (χ2n) is 6.93.